The van der Waals surface area contributed by atoms with E-state index in [1.54, 1.807) is 24.3 Å². The van der Waals surface area contributed by atoms with E-state index in [1.165, 1.54) is 11.0 Å². The van der Waals surface area contributed by atoms with Crippen molar-refractivity contribution in [1.29, 1.82) is 0 Å². The molecular weight excluding hydrogens is 357 g/mol. The highest BCUT2D eigenvalue weighted by Crippen LogP contribution is 2.24. The van der Waals surface area contributed by atoms with Gasteiger partial charge in [-0.1, -0.05) is 30.3 Å². The van der Waals surface area contributed by atoms with Crippen molar-refractivity contribution in [3.05, 3.63) is 59.9 Å². The molecule has 1 fully saturated rings. The molecule has 5 nitrogen and oxygen atoms in total. The second-order valence-electron chi connectivity index (χ2n) is 6.05. The maximum atomic E-state index is 13.9. The van der Waals surface area contributed by atoms with Crippen LogP contribution in [0.25, 0.3) is 0 Å². The van der Waals surface area contributed by atoms with Crippen LogP contribution in [0, 0.1) is 5.82 Å². The summed E-state index contributed by atoms with van der Waals surface area (Å²) in [4.78, 5) is 26.0. The molecule has 0 saturated carbocycles. The van der Waals surface area contributed by atoms with E-state index in [0.29, 0.717) is 25.1 Å². The Morgan fingerprint density at radius 1 is 1.19 bits per heavy atom. The highest BCUT2D eigenvalue weighted by atomic mass is 35.5. The predicted octanol–water partition coefficient (Wildman–Crippen LogP) is 2.68. The Kier molecular flexibility index (Phi) is 6.58. The van der Waals surface area contributed by atoms with E-state index < -0.39 is 11.9 Å². The fourth-order valence-corrected chi connectivity index (χ4v) is 3.00. The SMILES string of the molecule is Cl.Nc1ccccc1CCC(=O)NC1CCN(c2ccccc2F)C1=O. The van der Waals surface area contributed by atoms with Crippen LogP contribution < -0.4 is 16.0 Å². The van der Waals surface area contributed by atoms with E-state index >= 15 is 0 Å². The van der Waals surface area contributed by atoms with Crippen molar-refractivity contribution in [2.75, 3.05) is 17.2 Å². The van der Waals surface area contributed by atoms with Crippen LogP contribution in [-0.2, 0) is 16.0 Å². The molecule has 0 aliphatic carbocycles. The number of rotatable bonds is 5. The van der Waals surface area contributed by atoms with E-state index in [0.717, 1.165) is 5.56 Å². The van der Waals surface area contributed by atoms with Gasteiger partial charge in [0.25, 0.3) is 0 Å². The summed E-state index contributed by atoms with van der Waals surface area (Å²) in [6.45, 7) is 0.385. The minimum Gasteiger partial charge on any atom is -0.399 e. The Labute approximate surface area is 157 Å². The number of hydrogen-bond donors (Lipinski definition) is 2. The van der Waals surface area contributed by atoms with Crippen molar-refractivity contribution < 1.29 is 14.0 Å². The summed E-state index contributed by atoms with van der Waals surface area (Å²) in [7, 11) is 0. The number of nitrogen functional groups attached to an aromatic ring is 1. The maximum Gasteiger partial charge on any atom is 0.249 e. The van der Waals surface area contributed by atoms with Gasteiger partial charge in [-0.25, -0.2) is 4.39 Å². The van der Waals surface area contributed by atoms with Crippen LogP contribution in [0.2, 0.25) is 0 Å². The molecule has 3 rings (SSSR count). The smallest absolute Gasteiger partial charge is 0.249 e. The van der Waals surface area contributed by atoms with Crippen molar-refractivity contribution in [2.45, 2.75) is 25.3 Å². The first-order chi connectivity index (χ1) is 12.1. The summed E-state index contributed by atoms with van der Waals surface area (Å²) < 4.78 is 13.9. The van der Waals surface area contributed by atoms with Gasteiger partial charge < -0.3 is 16.0 Å². The Balaban J connectivity index is 0.00000243. The van der Waals surface area contributed by atoms with Crippen molar-refractivity contribution in [3.63, 3.8) is 0 Å². The van der Waals surface area contributed by atoms with Gasteiger partial charge in [0.2, 0.25) is 11.8 Å². The van der Waals surface area contributed by atoms with Gasteiger partial charge in [-0.05, 0) is 36.6 Å². The Morgan fingerprint density at radius 2 is 1.88 bits per heavy atom. The van der Waals surface area contributed by atoms with Crippen LogP contribution >= 0.6 is 12.4 Å². The average Bonchev–Trinajstić information content (AvgIpc) is 2.95. The lowest BCUT2D eigenvalue weighted by Gasteiger charge is -2.18. The summed E-state index contributed by atoms with van der Waals surface area (Å²) in [5.74, 6) is -0.933. The minimum absolute atomic E-state index is 0. The molecule has 2 amide bonds. The number of aryl methyl sites for hydroxylation is 1. The number of nitrogens with zero attached hydrogens (tertiary/aromatic N) is 1. The van der Waals surface area contributed by atoms with Crippen LogP contribution in [0.1, 0.15) is 18.4 Å². The molecule has 1 aliphatic rings. The standard InChI is InChI=1S/C19H20FN3O2.ClH/c20-14-6-2-4-8-17(14)23-12-11-16(19(23)25)22-18(24)10-9-13-5-1-3-7-15(13)21;/h1-8,16H,9-12,21H2,(H,22,24);1H. The van der Waals surface area contributed by atoms with Crippen LogP contribution in [0.5, 0.6) is 0 Å². The second kappa shape index (κ2) is 8.67. The molecule has 1 atom stereocenters. The Hall–Kier alpha value is -2.60. The van der Waals surface area contributed by atoms with Crippen LogP contribution in [0.15, 0.2) is 48.5 Å². The zero-order valence-corrected chi connectivity index (χ0v) is 15.0. The number of halogens is 2. The van der Waals surface area contributed by atoms with Gasteiger partial charge >= 0.3 is 0 Å². The zero-order chi connectivity index (χ0) is 17.8. The van der Waals surface area contributed by atoms with Crippen molar-refractivity contribution in [3.8, 4) is 0 Å². The van der Waals surface area contributed by atoms with Crippen LogP contribution in [-0.4, -0.2) is 24.4 Å². The number of anilines is 2. The van der Waals surface area contributed by atoms with Gasteiger partial charge in [0.1, 0.15) is 11.9 Å². The minimum atomic E-state index is -0.611. The molecule has 0 bridgehead atoms. The van der Waals surface area contributed by atoms with Crippen molar-refractivity contribution in [2.24, 2.45) is 0 Å². The highest BCUT2D eigenvalue weighted by molar-refractivity contribution is 6.01. The molecule has 0 spiro atoms. The van der Waals surface area contributed by atoms with Gasteiger partial charge in [-0.3, -0.25) is 9.59 Å². The summed E-state index contributed by atoms with van der Waals surface area (Å²) >= 11 is 0. The second-order valence-corrected chi connectivity index (χ2v) is 6.05. The fourth-order valence-electron chi connectivity index (χ4n) is 3.00. The molecule has 1 aliphatic heterocycles. The van der Waals surface area contributed by atoms with Gasteiger partial charge in [0.05, 0.1) is 5.69 Å². The topological polar surface area (TPSA) is 75.4 Å². The third-order valence-corrected chi connectivity index (χ3v) is 4.36. The van der Waals surface area contributed by atoms with Crippen molar-refractivity contribution in [1.82, 2.24) is 5.32 Å². The van der Waals surface area contributed by atoms with Gasteiger partial charge in [-0.15, -0.1) is 12.4 Å². The number of nitrogens with one attached hydrogen (secondary N) is 1. The summed E-state index contributed by atoms with van der Waals surface area (Å²) in [5, 5.41) is 2.74. The zero-order valence-electron chi connectivity index (χ0n) is 14.2. The summed E-state index contributed by atoms with van der Waals surface area (Å²) in [5.41, 5.74) is 7.67. The lowest BCUT2D eigenvalue weighted by Crippen LogP contribution is -2.41. The molecule has 1 unspecified atom stereocenters. The molecule has 26 heavy (non-hydrogen) atoms. The first kappa shape index (κ1) is 19.7. The number of benzene rings is 2. The van der Waals surface area contributed by atoms with E-state index in [1.807, 2.05) is 18.2 Å². The quantitative estimate of drug-likeness (QED) is 0.786. The van der Waals surface area contributed by atoms with E-state index in [4.69, 9.17) is 5.73 Å². The molecule has 2 aromatic carbocycles. The van der Waals surface area contributed by atoms with Crippen LogP contribution in [0.4, 0.5) is 15.8 Å². The fraction of sp³-hybridized carbons (Fsp3) is 0.263. The number of carbonyl (C=O) groups excluding carboxylic acids is 2. The number of amides is 2. The van der Waals surface area contributed by atoms with Gasteiger partial charge in [-0.2, -0.15) is 0 Å². The molecule has 0 aromatic heterocycles. The first-order valence-corrected chi connectivity index (χ1v) is 8.25. The molecular formula is C19H21ClFN3O2. The summed E-state index contributed by atoms with van der Waals surface area (Å²) in [6.07, 6.45) is 1.22. The largest absolute Gasteiger partial charge is 0.399 e. The van der Waals surface area contributed by atoms with E-state index in [2.05, 4.69) is 5.32 Å². The number of hydrogen-bond acceptors (Lipinski definition) is 3. The molecule has 3 N–H and O–H groups in total. The molecule has 1 heterocycles. The number of para-hydroxylation sites is 2. The van der Waals surface area contributed by atoms with Crippen LogP contribution in [0.3, 0.4) is 0 Å². The predicted molar refractivity (Wildman–Crippen MR) is 102 cm³/mol. The third kappa shape index (κ3) is 4.32. The first-order valence-electron chi connectivity index (χ1n) is 8.25. The lowest BCUT2D eigenvalue weighted by atomic mass is 10.1. The molecule has 138 valence electrons. The molecule has 7 heteroatoms. The monoisotopic (exact) mass is 377 g/mol. The Bertz CT molecular complexity index is 800. The average molecular weight is 378 g/mol. The summed E-state index contributed by atoms with van der Waals surface area (Å²) in [6, 6.07) is 12.9. The highest BCUT2D eigenvalue weighted by Gasteiger charge is 2.34. The molecule has 0 radical (unpaired) electrons. The van der Waals surface area contributed by atoms with Gasteiger partial charge in [0, 0.05) is 18.7 Å². The third-order valence-electron chi connectivity index (χ3n) is 4.36. The Morgan fingerprint density at radius 3 is 2.62 bits per heavy atom. The molecule has 1 saturated heterocycles. The number of carbonyl (C=O) groups is 2. The molecule has 2 aromatic rings. The number of nitrogens with two attached hydrogens (primary N) is 1. The van der Waals surface area contributed by atoms with Gasteiger partial charge in [0.15, 0.2) is 0 Å². The van der Waals surface area contributed by atoms with E-state index in [9.17, 15) is 14.0 Å². The maximum absolute atomic E-state index is 13.9. The van der Waals surface area contributed by atoms with Crippen molar-refractivity contribution >= 4 is 35.6 Å². The normalized spacial score (nSPS) is 16.3. The lowest BCUT2D eigenvalue weighted by molar-refractivity contribution is -0.126. The van der Waals surface area contributed by atoms with E-state index in [-0.39, 0.29) is 36.3 Å².